The summed E-state index contributed by atoms with van der Waals surface area (Å²) >= 11 is 0. The molecule has 0 unspecified atom stereocenters. The molecule has 0 saturated carbocycles. The highest BCUT2D eigenvalue weighted by molar-refractivity contribution is 5.93. The molecule has 1 aromatic carbocycles. The van der Waals surface area contributed by atoms with Crippen molar-refractivity contribution in [2.75, 3.05) is 0 Å². The van der Waals surface area contributed by atoms with Crippen LogP contribution in [-0.4, -0.2) is 5.97 Å². The van der Waals surface area contributed by atoms with Crippen LogP contribution in [0.15, 0.2) is 60.7 Å². The molecule has 0 N–H and O–H groups in total. The lowest BCUT2D eigenvalue weighted by Crippen LogP contribution is -2.09. The predicted molar refractivity (Wildman–Crippen MR) is 74.5 cm³/mol. The third-order valence-electron chi connectivity index (χ3n) is 2.47. The maximum absolute atomic E-state index is 11.8. The molecule has 0 spiro atoms. The van der Waals surface area contributed by atoms with Gasteiger partial charge in [-0.05, 0) is 37.1 Å². The van der Waals surface area contributed by atoms with E-state index in [1.54, 1.807) is 24.3 Å². The molecule has 2 nitrogen and oxygen atoms in total. The molecule has 0 aliphatic heterocycles. The van der Waals surface area contributed by atoms with Gasteiger partial charge >= 0.3 is 5.97 Å². The smallest absolute Gasteiger partial charge is 0.343 e. The van der Waals surface area contributed by atoms with Gasteiger partial charge in [-0.2, -0.15) is 0 Å². The van der Waals surface area contributed by atoms with Crippen LogP contribution in [0, 0.1) is 0 Å². The number of aryl methyl sites for hydroxylation is 1. The van der Waals surface area contributed by atoms with Crippen molar-refractivity contribution in [2.24, 2.45) is 0 Å². The number of ether oxygens (including phenoxy) is 1. The highest BCUT2D eigenvalue weighted by atomic mass is 16.5. The lowest BCUT2D eigenvalue weighted by molar-refractivity contribution is -0.129. The summed E-state index contributed by atoms with van der Waals surface area (Å²) in [5, 5.41) is 0. The molecule has 1 aromatic rings. The number of allylic oxidation sites excluding steroid dienone is 3. The summed E-state index contributed by atoms with van der Waals surface area (Å²) in [5.41, 5.74) is 1.65. The van der Waals surface area contributed by atoms with Gasteiger partial charge in [0, 0.05) is 0 Å². The van der Waals surface area contributed by atoms with Crippen molar-refractivity contribution in [2.45, 2.75) is 20.3 Å². The van der Waals surface area contributed by atoms with Crippen LogP contribution in [0.5, 0.6) is 5.75 Å². The first-order valence-corrected chi connectivity index (χ1v) is 5.97. The van der Waals surface area contributed by atoms with E-state index in [-0.39, 0.29) is 0 Å². The van der Waals surface area contributed by atoms with E-state index >= 15 is 0 Å². The summed E-state index contributed by atoms with van der Waals surface area (Å²) in [6, 6.07) is 7.50. The molecular formula is C16H18O2. The molecule has 18 heavy (non-hydrogen) atoms. The van der Waals surface area contributed by atoms with E-state index in [1.807, 2.05) is 25.1 Å². The summed E-state index contributed by atoms with van der Waals surface area (Å²) in [7, 11) is 0. The second-order valence-electron chi connectivity index (χ2n) is 3.74. The minimum absolute atomic E-state index is 0.396. The topological polar surface area (TPSA) is 26.3 Å². The van der Waals surface area contributed by atoms with E-state index < -0.39 is 5.97 Å². The van der Waals surface area contributed by atoms with Crippen LogP contribution in [0.2, 0.25) is 0 Å². The average molecular weight is 242 g/mol. The van der Waals surface area contributed by atoms with E-state index in [1.165, 1.54) is 11.6 Å². The van der Waals surface area contributed by atoms with Crippen molar-refractivity contribution >= 4 is 5.97 Å². The largest absolute Gasteiger partial charge is 0.423 e. The maximum atomic E-state index is 11.8. The summed E-state index contributed by atoms with van der Waals surface area (Å²) in [4.78, 5) is 11.8. The van der Waals surface area contributed by atoms with Gasteiger partial charge in [0.2, 0.25) is 0 Å². The molecule has 0 radical (unpaired) electrons. The lowest BCUT2D eigenvalue weighted by atomic mass is 10.2. The van der Waals surface area contributed by atoms with Gasteiger partial charge in [-0.25, -0.2) is 4.79 Å². The van der Waals surface area contributed by atoms with Crippen molar-refractivity contribution in [3.05, 3.63) is 66.3 Å². The van der Waals surface area contributed by atoms with Gasteiger partial charge in [0.15, 0.2) is 0 Å². The fraction of sp³-hybridized carbons (Fsp3) is 0.188. The number of rotatable bonds is 5. The predicted octanol–water partition coefficient (Wildman–Crippen LogP) is 3.84. The van der Waals surface area contributed by atoms with Crippen molar-refractivity contribution in [1.29, 1.82) is 0 Å². The molecular weight excluding hydrogens is 224 g/mol. The number of hydrogen-bond acceptors (Lipinski definition) is 2. The molecule has 1 rings (SSSR count). The molecule has 0 bridgehead atoms. The second-order valence-corrected chi connectivity index (χ2v) is 3.74. The Morgan fingerprint density at radius 1 is 1.33 bits per heavy atom. The van der Waals surface area contributed by atoms with Crippen molar-refractivity contribution < 1.29 is 9.53 Å². The Morgan fingerprint density at radius 3 is 2.50 bits per heavy atom. The van der Waals surface area contributed by atoms with Gasteiger partial charge in [0.05, 0.1) is 5.57 Å². The molecule has 0 saturated heterocycles. The summed E-state index contributed by atoms with van der Waals surface area (Å²) in [5.74, 6) is 0.151. The molecule has 0 amide bonds. The van der Waals surface area contributed by atoms with Crippen LogP contribution >= 0.6 is 0 Å². The van der Waals surface area contributed by atoms with E-state index in [0.29, 0.717) is 11.3 Å². The zero-order valence-corrected chi connectivity index (χ0v) is 10.8. The van der Waals surface area contributed by atoms with Crippen molar-refractivity contribution in [3.8, 4) is 5.75 Å². The number of hydrogen-bond donors (Lipinski definition) is 0. The molecule has 0 aliphatic carbocycles. The molecule has 0 heterocycles. The second kappa shape index (κ2) is 7.28. The molecule has 94 valence electrons. The summed E-state index contributed by atoms with van der Waals surface area (Å²) in [6.45, 7) is 7.56. The number of benzene rings is 1. The van der Waals surface area contributed by atoms with Gasteiger partial charge < -0.3 is 4.74 Å². The lowest BCUT2D eigenvalue weighted by Gasteiger charge is -2.05. The third-order valence-corrected chi connectivity index (χ3v) is 2.47. The van der Waals surface area contributed by atoms with Gasteiger partial charge in [-0.3, -0.25) is 0 Å². The third kappa shape index (κ3) is 4.06. The normalized spacial score (nSPS) is 11.6. The minimum Gasteiger partial charge on any atom is -0.423 e. The number of carbonyl (C=O) groups excluding carboxylic acids is 1. The highest BCUT2D eigenvalue weighted by Gasteiger charge is 2.07. The molecule has 0 atom stereocenters. The van der Waals surface area contributed by atoms with Crippen LogP contribution in [0.4, 0.5) is 0 Å². The number of esters is 1. The van der Waals surface area contributed by atoms with Crippen molar-refractivity contribution in [1.82, 2.24) is 0 Å². The fourth-order valence-corrected chi connectivity index (χ4v) is 1.38. The van der Waals surface area contributed by atoms with Crippen molar-refractivity contribution in [3.63, 3.8) is 0 Å². The maximum Gasteiger partial charge on any atom is 0.343 e. The molecule has 0 fully saturated rings. The average Bonchev–Trinajstić information content (AvgIpc) is 2.40. The Kier molecular flexibility index (Phi) is 5.65. The first kappa shape index (κ1) is 14.0. The Morgan fingerprint density at radius 2 is 2.00 bits per heavy atom. The number of carbonyl (C=O) groups is 1. The van der Waals surface area contributed by atoms with E-state index in [0.717, 1.165) is 6.42 Å². The Hall–Kier alpha value is -2.09. The first-order chi connectivity index (χ1) is 8.71. The molecule has 0 aliphatic rings. The fourth-order valence-electron chi connectivity index (χ4n) is 1.38. The van der Waals surface area contributed by atoms with Gasteiger partial charge in [0.25, 0.3) is 0 Å². The van der Waals surface area contributed by atoms with Crippen LogP contribution in [0.3, 0.4) is 0 Å². The monoisotopic (exact) mass is 242 g/mol. The van der Waals surface area contributed by atoms with Crippen LogP contribution < -0.4 is 4.74 Å². The zero-order valence-electron chi connectivity index (χ0n) is 10.8. The van der Waals surface area contributed by atoms with Gasteiger partial charge in [-0.1, -0.05) is 43.9 Å². The standard InChI is InChI=1S/C16H18O2/c1-4-7-8-14(6-3)16(17)18-15-11-9-13(5-2)10-12-15/h4,6-12H,3,5H2,1-2H3/b7-4-,14-8+. The van der Waals surface area contributed by atoms with Gasteiger partial charge in [0.1, 0.15) is 5.75 Å². The minimum atomic E-state index is -0.396. The Labute approximate surface area is 108 Å². The van der Waals surface area contributed by atoms with Crippen LogP contribution in [0.1, 0.15) is 19.4 Å². The van der Waals surface area contributed by atoms with Crippen LogP contribution in [-0.2, 0) is 11.2 Å². The van der Waals surface area contributed by atoms with E-state index in [9.17, 15) is 4.79 Å². The quantitative estimate of drug-likeness (QED) is 0.339. The first-order valence-electron chi connectivity index (χ1n) is 5.97. The Balaban J connectivity index is 2.76. The van der Waals surface area contributed by atoms with E-state index in [4.69, 9.17) is 4.74 Å². The van der Waals surface area contributed by atoms with Crippen LogP contribution in [0.25, 0.3) is 0 Å². The summed E-state index contributed by atoms with van der Waals surface area (Å²) in [6.07, 6.45) is 7.75. The van der Waals surface area contributed by atoms with E-state index in [2.05, 4.69) is 13.5 Å². The zero-order chi connectivity index (χ0) is 13.4. The highest BCUT2D eigenvalue weighted by Crippen LogP contribution is 2.14. The molecule has 0 aromatic heterocycles. The Bertz CT molecular complexity index is 464. The van der Waals surface area contributed by atoms with Gasteiger partial charge in [-0.15, -0.1) is 0 Å². The molecule has 2 heteroatoms. The summed E-state index contributed by atoms with van der Waals surface area (Å²) < 4.78 is 5.25. The SMILES string of the molecule is C=C/C(=C\C=C/C)C(=O)Oc1ccc(CC)cc1.